The molecule has 14 N–H and O–H groups in total. The van der Waals surface area contributed by atoms with E-state index in [1.54, 1.807) is 83.3 Å². The van der Waals surface area contributed by atoms with Crippen LogP contribution in [0, 0.1) is 59.7 Å². The molecule has 0 aliphatic rings. The molecule has 9 aromatic rings. The number of aliphatic hydroxyl groups is 1. The molecule has 129 heavy (non-hydrogen) atoms. The van der Waals surface area contributed by atoms with Crippen LogP contribution in [0.15, 0.2) is 262 Å². The Balaban J connectivity index is 0.000000266. The molecule has 0 spiro atoms. The first-order valence-corrected chi connectivity index (χ1v) is 43.6. The van der Waals surface area contributed by atoms with Gasteiger partial charge in [-0.15, -0.1) is 13.2 Å². The number of aliphatic hydroxyl groups excluding tert-OH is 1. The van der Waals surface area contributed by atoms with Crippen molar-refractivity contribution in [3.8, 4) is 0 Å². The van der Waals surface area contributed by atoms with Crippen LogP contribution in [-0.4, -0.2) is 132 Å². The summed E-state index contributed by atoms with van der Waals surface area (Å²) >= 11 is 0. The minimum Gasteiger partial charge on any atom is -0.382 e. The summed E-state index contributed by atoms with van der Waals surface area (Å²) in [4.78, 5) is 157. The molecular weight excluding hydrogens is 1640 g/mol. The van der Waals surface area contributed by atoms with Gasteiger partial charge in [-0.3, -0.25) is 78.4 Å². The van der Waals surface area contributed by atoms with Crippen LogP contribution in [0.25, 0.3) is 10.9 Å². The van der Waals surface area contributed by atoms with Crippen LogP contribution in [0.3, 0.4) is 0 Å². The second-order valence-corrected chi connectivity index (χ2v) is 34.1. The smallest absolute Gasteiger partial charge is 0.272 e. The number of rotatable bonds is 45. The second-order valence-electron chi connectivity index (χ2n) is 34.1. The number of ketones is 4. The van der Waals surface area contributed by atoms with E-state index in [-0.39, 0.29) is 78.4 Å². The van der Waals surface area contributed by atoms with Crippen molar-refractivity contribution in [1.29, 1.82) is 0 Å². The monoisotopic (exact) mass is 1760 g/mol. The Kier molecular flexibility index (Phi) is 44.6. The zero-order chi connectivity index (χ0) is 94.5. The number of carbonyl (C=O) groups excluding carboxylic acids is 12. The summed E-state index contributed by atoms with van der Waals surface area (Å²) in [5, 5.41) is 58.9. The quantitative estimate of drug-likeness (QED) is 0.00729. The molecule has 1 aromatic heterocycles. The predicted molar refractivity (Wildman–Crippen MR) is 496 cm³/mol. The van der Waals surface area contributed by atoms with Gasteiger partial charge in [0.25, 0.3) is 5.91 Å². The number of benzene rings is 8. The van der Waals surface area contributed by atoms with Crippen molar-refractivity contribution in [1.82, 2.24) is 48.2 Å². The van der Waals surface area contributed by atoms with Gasteiger partial charge < -0.3 is 31.4 Å². The Bertz CT molecular complexity index is 5050. The number of nitrogens with one attached hydrogen (secondary N) is 9. The van der Waals surface area contributed by atoms with Gasteiger partial charge in [0.15, 0.2) is 23.1 Å². The second kappa shape index (κ2) is 54.9. The maximum absolute atomic E-state index is 13.6. The first kappa shape index (κ1) is 105. The van der Waals surface area contributed by atoms with Gasteiger partial charge in [0.05, 0.1) is 53.8 Å². The van der Waals surface area contributed by atoms with Crippen molar-refractivity contribution in [3.05, 3.63) is 312 Å². The minimum atomic E-state index is -1.76. The topological polar surface area (TPSA) is 418 Å². The van der Waals surface area contributed by atoms with Crippen LogP contribution in [0.1, 0.15) is 178 Å². The molecule has 0 fully saturated rings. The molecule has 0 saturated heterocycles. The van der Waals surface area contributed by atoms with Crippen molar-refractivity contribution in [2.24, 2.45) is 52.8 Å². The number of hydrogen-bond acceptors (Lipinski definition) is 17. The Hall–Kier alpha value is -13.0. The van der Waals surface area contributed by atoms with E-state index in [9.17, 15) is 67.8 Å². The Morgan fingerprint density at radius 1 is 0.403 bits per heavy atom. The molecule has 0 saturated carbocycles. The molecule has 8 amide bonds. The lowest BCUT2D eigenvalue weighted by molar-refractivity contribution is -0.146. The fourth-order valence-electron chi connectivity index (χ4n) is 15.2. The summed E-state index contributed by atoms with van der Waals surface area (Å²) in [7, 11) is 0. The van der Waals surface area contributed by atoms with Gasteiger partial charge in [-0.1, -0.05) is 291 Å². The number of aromatic amines is 1. The lowest BCUT2D eigenvalue weighted by Crippen LogP contribution is -2.53. The third-order valence-corrected chi connectivity index (χ3v) is 22.1. The van der Waals surface area contributed by atoms with Gasteiger partial charge in [-0.2, -0.15) is 0 Å². The van der Waals surface area contributed by atoms with E-state index in [0.717, 1.165) is 45.1 Å². The predicted octanol–water partition coefficient (Wildman–Crippen LogP) is 14.4. The number of Topliss-reactive ketones (excluding diaryl/α,β-unsaturated/α-hetero) is 4. The van der Waals surface area contributed by atoms with E-state index in [0.29, 0.717) is 74.5 Å². The zero-order valence-corrected chi connectivity index (χ0v) is 75.1. The Morgan fingerprint density at radius 3 is 1.18 bits per heavy atom. The number of hydrogen-bond donors (Lipinski definition) is 14. The standard InChI is InChI=1S/C29H32N2O4.C27H33N3O5.C26H32N2O4.C21H30N2O4/c1-21-15-17-22(18-16-21)11-8-14-25(20-27(32)31-35)29(34)30-26(19-23-9-4-2-5-10-23)28(33)24-12-6-3-7-13-24;1-27(2,3)24(22(31)20-16-28-21-15-8-7-13-18(20)21)29-25(33)19(23(32)26(34)30-35)14-9-12-17-10-5-4-6-11-17;1-4-11-21(26(31)28-32)22(16-18(2)3)25(30)27-23(17-19-12-7-5-8-13-19)24(29)20-14-9-6-10-15-20;1-5-9-17(21(26)23-27)18(12-14(2)3)20(25)22-19(15(4)24)13-16-10-7-6-8-11-16/h2-7,9-10,12-13,15-18,25-26,35H,8,11,14,19-20H2,1H3,(H,30,34)(H,31,32);4-8,10-11,13,15-16,19,23-24,28,32,35H,9,12,14H2,1-3H3,(H,29,33)(H,30,34);4-10,12-15,18,21-23,32H,1,11,16-17H2,2-3H3,(H,27,30)(H,28,31);5-8,10-11,14,17-19,27H,1,9,12-13H2,2-4H3,(H,22,25)(H,23,26)/t25-,26+;19-,23+,24-;21-,22+,23-;17-,18+,19-/m1100/s1. The van der Waals surface area contributed by atoms with E-state index < -0.39 is 101 Å². The largest absolute Gasteiger partial charge is 0.382 e. The molecule has 9 rings (SSSR count). The number of aryl methyl sites for hydroxylation is 3. The number of amides is 8. The number of H-pyrrole nitrogens is 1. The fourth-order valence-corrected chi connectivity index (χ4v) is 15.2. The van der Waals surface area contributed by atoms with Crippen molar-refractivity contribution in [2.75, 3.05) is 0 Å². The number of allylic oxidation sites excluding steroid dienone is 2. The van der Waals surface area contributed by atoms with Gasteiger partial charge in [0.1, 0.15) is 6.10 Å². The van der Waals surface area contributed by atoms with Gasteiger partial charge >= 0.3 is 0 Å². The number of hydroxylamine groups is 4. The van der Waals surface area contributed by atoms with E-state index in [1.807, 2.05) is 225 Å². The first-order chi connectivity index (χ1) is 61.7. The zero-order valence-electron chi connectivity index (χ0n) is 75.1. The molecule has 686 valence electrons. The molecule has 0 bridgehead atoms. The van der Waals surface area contributed by atoms with Gasteiger partial charge in [-0.25, -0.2) is 21.9 Å². The third-order valence-electron chi connectivity index (χ3n) is 22.1. The highest BCUT2D eigenvalue weighted by atomic mass is 16.5. The average molecular weight is 1760 g/mol. The van der Waals surface area contributed by atoms with E-state index in [1.165, 1.54) is 18.0 Å². The molecule has 0 aliphatic carbocycles. The molecule has 1 heterocycles. The summed E-state index contributed by atoms with van der Waals surface area (Å²) < 4.78 is 0. The normalized spacial score (nSPS) is 13.6. The first-order valence-electron chi connectivity index (χ1n) is 43.6. The van der Waals surface area contributed by atoms with Gasteiger partial charge in [0.2, 0.25) is 41.4 Å². The maximum Gasteiger partial charge on any atom is 0.272 e. The van der Waals surface area contributed by atoms with Crippen LogP contribution in [-0.2, 0) is 75.3 Å². The van der Waals surface area contributed by atoms with Crippen molar-refractivity contribution < 1.29 is 83.5 Å². The van der Waals surface area contributed by atoms with Crippen LogP contribution < -0.4 is 43.2 Å². The highest BCUT2D eigenvalue weighted by molar-refractivity contribution is 6.12. The lowest BCUT2D eigenvalue weighted by Gasteiger charge is -2.32. The molecule has 0 unspecified atom stereocenters. The maximum atomic E-state index is 13.6. The Labute approximate surface area is 756 Å². The average Bonchev–Trinajstić information content (AvgIpc) is 1.68. The van der Waals surface area contributed by atoms with Crippen LogP contribution in [0.5, 0.6) is 0 Å². The van der Waals surface area contributed by atoms with Crippen LogP contribution in [0.2, 0.25) is 0 Å². The van der Waals surface area contributed by atoms with E-state index in [2.05, 4.69) is 51.5 Å². The highest BCUT2D eigenvalue weighted by Gasteiger charge is 2.41. The summed E-state index contributed by atoms with van der Waals surface area (Å²) in [6, 6.07) is 68.2. The molecule has 0 aliphatic heterocycles. The van der Waals surface area contributed by atoms with Crippen molar-refractivity contribution in [3.63, 3.8) is 0 Å². The minimum absolute atomic E-state index is 0.127. The summed E-state index contributed by atoms with van der Waals surface area (Å²) in [6.45, 7) is 24.1. The van der Waals surface area contributed by atoms with Gasteiger partial charge in [-0.05, 0) is 136 Å². The fraction of sp³-hybridized carbons (Fsp3) is 0.359. The molecule has 8 aromatic carbocycles. The number of carbonyl (C=O) groups is 12. The Morgan fingerprint density at radius 2 is 0.775 bits per heavy atom. The third kappa shape index (κ3) is 35.0. The number of fused-ring (bicyclic) bond motifs is 1. The number of para-hydroxylation sites is 1. The summed E-state index contributed by atoms with van der Waals surface area (Å²) in [5.74, 6) is -9.99. The van der Waals surface area contributed by atoms with Crippen molar-refractivity contribution in [2.45, 2.75) is 182 Å². The lowest BCUT2D eigenvalue weighted by atomic mass is 9.81. The van der Waals surface area contributed by atoms with E-state index >= 15 is 0 Å². The summed E-state index contributed by atoms with van der Waals surface area (Å²) in [6.07, 6.45) is 8.47. The summed E-state index contributed by atoms with van der Waals surface area (Å²) in [5.41, 5.74) is 14.2. The van der Waals surface area contributed by atoms with Gasteiger partial charge in [0, 0.05) is 59.0 Å². The van der Waals surface area contributed by atoms with Crippen molar-refractivity contribution >= 4 is 81.3 Å². The molecular formula is C103H127N9O17. The van der Waals surface area contributed by atoms with Crippen LogP contribution in [0.4, 0.5) is 0 Å². The SMILES string of the molecule is C=CC[C@H](C(=O)NO)[C@@H](CC(C)C)C(=O)N[C@@H](Cc1ccccc1)C(=O)c1ccccc1.C=CC[C@H](C(=O)NO)[C@@H](CC(C)C)C(=O)N[C@@H](Cc1ccccc1)C(C)=O.CC(C)(C)[C@H](NC(=O)[C@H](CCCc1ccccc1)[C@H](O)C(=O)NO)C(=O)c1c[nH]c2ccccc12.Cc1ccc(CCC[C@H](CC(=O)NO)C(=O)N[C@@H](Cc2ccccc2)C(=O)c2ccccc2)cc1. The van der Waals surface area contributed by atoms with E-state index in [4.69, 9.17) is 15.6 Å². The molecule has 0 radical (unpaired) electrons. The van der Waals surface area contributed by atoms with Crippen LogP contribution >= 0.6 is 0 Å². The molecule has 26 nitrogen and oxygen atoms in total. The molecule has 26 heteroatoms. The highest BCUT2D eigenvalue weighted by Crippen LogP contribution is 2.31. The molecule has 11 atom stereocenters. The number of aromatic nitrogens is 1.